The van der Waals surface area contributed by atoms with E-state index in [0.717, 1.165) is 20.9 Å². The van der Waals surface area contributed by atoms with Gasteiger partial charge in [-0.1, -0.05) is 0 Å². The van der Waals surface area contributed by atoms with Crippen LogP contribution in [0.5, 0.6) is 0 Å². The summed E-state index contributed by atoms with van der Waals surface area (Å²) in [6.45, 7) is 0. The molecule has 0 amide bonds. The summed E-state index contributed by atoms with van der Waals surface area (Å²) in [4.78, 5) is 15.1. The van der Waals surface area contributed by atoms with Gasteiger partial charge in [0.2, 0.25) is 0 Å². The molecule has 4 heteroatoms. The van der Waals surface area contributed by atoms with Crippen LogP contribution in [-0.4, -0.2) is 36.3 Å². The van der Waals surface area contributed by atoms with E-state index >= 15 is 0 Å². The Morgan fingerprint density at radius 2 is 2.19 bits per heavy atom. The molecule has 3 rings (SSSR count). The Morgan fingerprint density at radius 3 is 3.00 bits per heavy atom. The number of carbonyl (C=O) groups excluding carboxylic acids is 1. The van der Waals surface area contributed by atoms with Crippen LogP contribution in [-0.2, 0) is 0 Å². The molecule has 3 aromatic rings. The van der Waals surface area contributed by atoms with E-state index in [-0.39, 0.29) is 0 Å². The topological polar surface area (TPSA) is 34.9 Å². The van der Waals surface area contributed by atoms with Gasteiger partial charge in [-0.05, 0) is 0 Å². The Labute approximate surface area is 102 Å². The summed E-state index contributed by atoms with van der Waals surface area (Å²) in [7, 11) is 0. The van der Waals surface area contributed by atoms with Crippen LogP contribution >= 0.6 is 0 Å². The molecular formula is C12H8N2OTe. The van der Waals surface area contributed by atoms with Crippen molar-refractivity contribution < 1.29 is 4.79 Å². The summed E-state index contributed by atoms with van der Waals surface area (Å²) in [5.74, 6) is 0. The molecule has 78 valence electrons. The van der Waals surface area contributed by atoms with Crippen LogP contribution in [0.25, 0.3) is 14.7 Å². The van der Waals surface area contributed by atoms with Crippen LogP contribution in [0.2, 0.25) is 0 Å². The molecule has 0 spiro atoms. The molecule has 0 aliphatic heterocycles. The third-order valence-electron chi connectivity index (χ3n) is 2.41. The van der Waals surface area contributed by atoms with Gasteiger partial charge in [0.1, 0.15) is 0 Å². The molecule has 0 bridgehead atoms. The zero-order chi connectivity index (χ0) is 11.0. The predicted molar refractivity (Wildman–Crippen MR) is 63.4 cm³/mol. The van der Waals surface area contributed by atoms with Crippen LogP contribution in [0.3, 0.4) is 0 Å². The Bertz CT molecular complexity index is 654. The number of nitrogens with zero attached hydrogens (tertiary/aromatic N) is 2. The minimum atomic E-state index is -0.526. The average molecular weight is 324 g/mol. The summed E-state index contributed by atoms with van der Waals surface area (Å²) in [6, 6.07) is 9.97. The molecule has 0 saturated heterocycles. The van der Waals surface area contributed by atoms with Crippen molar-refractivity contribution in [3.63, 3.8) is 0 Å². The standard InChI is InChI=1S/C12H8N2OTe/c15-8-10-3-4-11(16-10)14-7-5-9-2-1-6-13-12(9)14/h1-8H. The molecule has 3 aromatic heterocycles. The average Bonchev–Trinajstić information content (AvgIpc) is 2.94. The summed E-state index contributed by atoms with van der Waals surface area (Å²) in [5.41, 5.74) is 0.972. The van der Waals surface area contributed by atoms with Gasteiger partial charge in [-0.25, -0.2) is 0 Å². The van der Waals surface area contributed by atoms with Crippen molar-refractivity contribution in [3.05, 3.63) is 46.3 Å². The fourth-order valence-electron chi connectivity index (χ4n) is 1.68. The molecule has 0 atom stereocenters. The molecule has 0 radical (unpaired) electrons. The van der Waals surface area contributed by atoms with Gasteiger partial charge < -0.3 is 0 Å². The van der Waals surface area contributed by atoms with E-state index in [0.29, 0.717) is 0 Å². The van der Waals surface area contributed by atoms with Crippen LogP contribution in [0.15, 0.2) is 42.7 Å². The molecule has 0 aliphatic carbocycles. The van der Waals surface area contributed by atoms with Crippen molar-refractivity contribution in [3.8, 4) is 3.70 Å². The molecule has 16 heavy (non-hydrogen) atoms. The number of pyridine rings is 1. The Balaban J connectivity index is 2.21. The quantitative estimate of drug-likeness (QED) is 0.533. The summed E-state index contributed by atoms with van der Waals surface area (Å²) in [5, 5.41) is 1.13. The normalized spacial score (nSPS) is 10.8. The van der Waals surface area contributed by atoms with Crippen molar-refractivity contribution in [2.75, 3.05) is 0 Å². The first-order valence-electron chi connectivity index (χ1n) is 4.86. The molecule has 3 nitrogen and oxygen atoms in total. The van der Waals surface area contributed by atoms with Crippen molar-refractivity contribution in [2.24, 2.45) is 0 Å². The molecule has 0 aliphatic rings. The summed E-state index contributed by atoms with van der Waals surface area (Å²) >= 11 is -0.526. The Morgan fingerprint density at radius 1 is 1.25 bits per heavy atom. The second-order valence-corrected chi connectivity index (χ2v) is 6.52. The zero-order valence-electron chi connectivity index (χ0n) is 8.33. The molecule has 0 unspecified atom stereocenters. The third kappa shape index (κ3) is 1.51. The van der Waals surface area contributed by atoms with E-state index < -0.39 is 20.4 Å². The zero-order valence-corrected chi connectivity index (χ0v) is 10.7. The number of hydrogen-bond acceptors (Lipinski definition) is 2. The fraction of sp³-hybridized carbons (Fsp3) is 0. The van der Waals surface area contributed by atoms with Crippen LogP contribution < -0.4 is 0 Å². The van der Waals surface area contributed by atoms with E-state index in [4.69, 9.17) is 0 Å². The van der Waals surface area contributed by atoms with Crippen molar-refractivity contribution in [2.45, 2.75) is 0 Å². The van der Waals surface area contributed by atoms with Crippen molar-refractivity contribution in [1.82, 2.24) is 9.55 Å². The molecule has 3 heterocycles. The predicted octanol–water partition coefficient (Wildman–Crippen LogP) is 1.89. The number of carbonyl (C=O) groups is 1. The van der Waals surface area contributed by atoms with Gasteiger partial charge in [0.15, 0.2) is 0 Å². The van der Waals surface area contributed by atoms with E-state index in [1.165, 1.54) is 3.70 Å². The second-order valence-electron chi connectivity index (χ2n) is 3.40. The fourth-order valence-corrected chi connectivity index (χ4v) is 3.98. The van der Waals surface area contributed by atoms with Gasteiger partial charge in [0.25, 0.3) is 0 Å². The van der Waals surface area contributed by atoms with E-state index in [9.17, 15) is 4.79 Å². The molecule has 0 fully saturated rings. The first kappa shape index (κ1) is 9.83. The van der Waals surface area contributed by atoms with Gasteiger partial charge in [0.05, 0.1) is 0 Å². The van der Waals surface area contributed by atoms with Gasteiger partial charge in [-0.3, -0.25) is 0 Å². The minimum absolute atomic E-state index is 0.526. The van der Waals surface area contributed by atoms with Crippen LogP contribution in [0.1, 0.15) is 8.37 Å². The number of aromatic nitrogens is 2. The van der Waals surface area contributed by atoms with Gasteiger partial charge in [-0.2, -0.15) is 0 Å². The Hall–Kier alpha value is -1.37. The second kappa shape index (κ2) is 3.89. The van der Waals surface area contributed by atoms with E-state index in [1.54, 1.807) is 6.20 Å². The van der Waals surface area contributed by atoms with Gasteiger partial charge in [0, 0.05) is 0 Å². The van der Waals surface area contributed by atoms with E-state index in [1.807, 2.05) is 30.5 Å². The van der Waals surface area contributed by atoms with Crippen molar-refractivity contribution in [1.29, 1.82) is 0 Å². The van der Waals surface area contributed by atoms with Crippen LogP contribution in [0.4, 0.5) is 0 Å². The van der Waals surface area contributed by atoms with Crippen molar-refractivity contribution >= 4 is 37.8 Å². The first-order valence-corrected chi connectivity index (χ1v) is 7.19. The third-order valence-corrected chi connectivity index (χ3v) is 5.30. The first-order chi connectivity index (χ1) is 7.88. The molecule has 0 saturated carbocycles. The number of rotatable bonds is 2. The molecule has 0 N–H and O–H groups in total. The summed E-state index contributed by atoms with van der Waals surface area (Å²) < 4.78 is 4.25. The SMILES string of the molecule is O=Cc1ccc(-n2ccc3cccnc32)[te]1. The maximum absolute atomic E-state index is 10.7. The number of fused-ring (bicyclic) bond motifs is 1. The monoisotopic (exact) mass is 326 g/mol. The molecule has 0 aromatic carbocycles. The number of hydrogen-bond donors (Lipinski definition) is 0. The molecular weight excluding hydrogens is 316 g/mol. The van der Waals surface area contributed by atoms with E-state index in [2.05, 4.69) is 15.6 Å². The van der Waals surface area contributed by atoms with Crippen LogP contribution in [0, 0.1) is 0 Å². The summed E-state index contributed by atoms with van der Waals surface area (Å²) in [6.07, 6.45) is 4.78. The maximum atomic E-state index is 10.7. The Kier molecular flexibility index (Phi) is 2.39. The van der Waals surface area contributed by atoms with Gasteiger partial charge in [-0.15, -0.1) is 0 Å². The number of aldehydes is 1. The van der Waals surface area contributed by atoms with Gasteiger partial charge >= 0.3 is 102 Å².